The molecule has 5 N–H and O–H groups in total. The molecule has 0 atom stereocenters. The van der Waals surface area contributed by atoms with Crippen LogP contribution in [0.4, 0.5) is 11.4 Å². The summed E-state index contributed by atoms with van der Waals surface area (Å²) in [4.78, 5) is 0. The number of hydrogen-bond donors (Lipinski definition) is 4. The van der Waals surface area contributed by atoms with Crippen molar-refractivity contribution in [1.82, 2.24) is 5.06 Å². The number of nitrogen functional groups attached to an aromatic ring is 1. The predicted molar refractivity (Wildman–Crippen MR) is 49.0 cm³/mol. The maximum Gasteiger partial charge on any atom is 0.141 e. The minimum Gasteiger partial charge on any atom is -0.506 e. The van der Waals surface area contributed by atoms with E-state index < -0.39 is 0 Å². The molecule has 0 radical (unpaired) electrons. The third kappa shape index (κ3) is 1.25. The molecule has 14 heavy (non-hydrogen) atoms. The molecule has 0 fully saturated rings. The molecule has 2 rings (SSSR count). The van der Waals surface area contributed by atoms with Crippen LogP contribution in [0.3, 0.4) is 0 Å². The van der Waals surface area contributed by atoms with Gasteiger partial charge in [-0.3, -0.25) is 5.21 Å². The molecule has 1 aromatic rings. The Balaban J connectivity index is 2.57. The lowest BCUT2D eigenvalue weighted by Gasteiger charge is -2.31. The third-order valence-electron chi connectivity index (χ3n) is 2.19. The molecule has 0 amide bonds. The van der Waals surface area contributed by atoms with E-state index in [1.165, 1.54) is 12.1 Å². The van der Waals surface area contributed by atoms with Crippen molar-refractivity contribution in [2.45, 2.75) is 6.54 Å². The Kier molecular flexibility index (Phi) is 1.95. The Bertz CT molecular complexity index is 369. The second kappa shape index (κ2) is 3.02. The fourth-order valence-corrected chi connectivity index (χ4v) is 1.55. The molecule has 6 nitrogen and oxygen atoms in total. The van der Waals surface area contributed by atoms with Gasteiger partial charge in [-0.15, -0.1) is 0 Å². The minimum absolute atomic E-state index is 0.0511. The fraction of sp³-hybridized carbons (Fsp3) is 0.250. The van der Waals surface area contributed by atoms with Crippen molar-refractivity contribution >= 4 is 11.4 Å². The van der Waals surface area contributed by atoms with Gasteiger partial charge in [-0.25, -0.2) is 5.06 Å². The number of nitrogens with two attached hydrogens (primary N) is 1. The van der Waals surface area contributed by atoms with E-state index in [9.17, 15) is 15.5 Å². The summed E-state index contributed by atoms with van der Waals surface area (Å²) in [5, 5.41) is 29.8. The van der Waals surface area contributed by atoms with E-state index in [1.807, 2.05) is 0 Å². The molecule has 6 heteroatoms. The highest BCUT2D eigenvalue weighted by Gasteiger charge is 2.25. The number of phenols is 1. The van der Waals surface area contributed by atoms with Gasteiger partial charge in [0.25, 0.3) is 0 Å². The topological polar surface area (TPSA) is 93.2 Å². The number of fused-ring (bicyclic) bond motifs is 1. The van der Waals surface area contributed by atoms with E-state index in [-0.39, 0.29) is 24.7 Å². The second-order valence-electron chi connectivity index (χ2n) is 3.21. The Morgan fingerprint density at radius 3 is 2.71 bits per heavy atom. The van der Waals surface area contributed by atoms with Crippen LogP contribution in [0.5, 0.6) is 5.75 Å². The van der Waals surface area contributed by atoms with Gasteiger partial charge < -0.3 is 16.0 Å². The zero-order valence-electron chi connectivity index (χ0n) is 7.38. The minimum atomic E-state index is -0.0794. The average molecular weight is 197 g/mol. The van der Waals surface area contributed by atoms with Crippen molar-refractivity contribution < 1.29 is 15.5 Å². The molecule has 0 saturated carbocycles. The van der Waals surface area contributed by atoms with Crippen molar-refractivity contribution in [2.75, 3.05) is 17.5 Å². The molecule has 1 heterocycles. The summed E-state index contributed by atoms with van der Waals surface area (Å²) < 4.78 is 0. The lowest BCUT2D eigenvalue weighted by atomic mass is 10.1. The maximum atomic E-state index is 9.48. The van der Waals surface area contributed by atoms with Crippen LogP contribution in [0.15, 0.2) is 12.1 Å². The van der Waals surface area contributed by atoms with E-state index in [0.717, 1.165) is 10.1 Å². The molecule has 0 aromatic heterocycles. The summed E-state index contributed by atoms with van der Waals surface area (Å²) in [6, 6.07) is 2.94. The molecule has 0 saturated heterocycles. The van der Waals surface area contributed by atoms with E-state index >= 15 is 0 Å². The molecular formula is C8H11N3O3. The summed E-state index contributed by atoms with van der Waals surface area (Å²) in [6.07, 6.45) is 0. The SMILES string of the molecule is Nc1ccc(O)c2c1CN(O)CN2O. The molecule has 1 aliphatic rings. The van der Waals surface area contributed by atoms with Gasteiger partial charge in [-0.05, 0) is 12.1 Å². The number of nitrogens with zero attached hydrogens (tertiary/aromatic N) is 2. The van der Waals surface area contributed by atoms with E-state index in [4.69, 9.17) is 5.73 Å². The largest absolute Gasteiger partial charge is 0.506 e. The van der Waals surface area contributed by atoms with Gasteiger partial charge >= 0.3 is 0 Å². The highest BCUT2D eigenvalue weighted by Crippen LogP contribution is 2.37. The van der Waals surface area contributed by atoms with Gasteiger partial charge in [0, 0.05) is 11.3 Å². The van der Waals surface area contributed by atoms with E-state index in [0.29, 0.717) is 11.3 Å². The first kappa shape index (κ1) is 9.07. The van der Waals surface area contributed by atoms with Crippen molar-refractivity contribution in [1.29, 1.82) is 0 Å². The van der Waals surface area contributed by atoms with Crippen LogP contribution in [0.25, 0.3) is 0 Å². The van der Waals surface area contributed by atoms with Crippen LogP contribution >= 0.6 is 0 Å². The number of benzene rings is 1. The van der Waals surface area contributed by atoms with Crippen LogP contribution < -0.4 is 10.8 Å². The van der Waals surface area contributed by atoms with E-state index in [2.05, 4.69) is 0 Å². The third-order valence-corrected chi connectivity index (χ3v) is 2.19. The summed E-state index contributed by atoms with van der Waals surface area (Å²) in [5.74, 6) is -0.0511. The highest BCUT2D eigenvalue weighted by atomic mass is 16.5. The number of hydroxylamine groups is 3. The summed E-state index contributed by atoms with van der Waals surface area (Å²) in [6.45, 7) is 0.108. The predicted octanol–water partition coefficient (Wildman–Crippen LogP) is 0.332. The molecule has 0 unspecified atom stereocenters. The molecule has 0 spiro atoms. The summed E-state index contributed by atoms with van der Waals surface area (Å²) >= 11 is 0. The Hall–Kier alpha value is -1.50. The number of anilines is 2. The van der Waals surface area contributed by atoms with Gasteiger partial charge in [-0.1, -0.05) is 0 Å². The van der Waals surface area contributed by atoms with Gasteiger partial charge in [0.1, 0.15) is 18.1 Å². The zero-order valence-corrected chi connectivity index (χ0v) is 7.38. The number of rotatable bonds is 0. The maximum absolute atomic E-state index is 9.48. The Labute approximate surface area is 80.3 Å². The second-order valence-corrected chi connectivity index (χ2v) is 3.21. The Morgan fingerprint density at radius 2 is 2.00 bits per heavy atom. The monoisotopic (exact) mass is 197 g/mol. The van der Waals surface area contributed by atoms with Crippen molar-refractivity contribution in [3.05, 3.63) is 17.7 Å². The normalized spacial score (nSPS) is 16.9. The van der Waals surface area contributed by atoms with Crippen LogP contribution in [-0.2, 0) is 6.54 Å². The van der Waals surface area contributed by atoms with Gasteiger partial charge in [-0.2, -0.15) is 5.06 Å². The standard InChI is InChI=1S/C8H11N3O3/c9-6-1-2-7(12)8-5(6)3-10(13)4-11(8)14/h1-2,12-14H,3-4,9H2. The van der Waals surface area contributed by atoms with Crippen molar-refractivity contribution in [3.8, 4) is 5.75 Å². The number of aromatic hydroxyl groups is 1. The fourth-order valence-electron chi connectivity index (χ4n) is 1.55. The first-order chi connectivity index (χ1) is 6.59. The molecule has 0 bridgehead atoms. The average Bonchev–Trinajstić information content (AvgIpc) is 2.10. The number of hydrogen-bond acceptors (Lipinski definition) is 6. The molecule has 76 valence electrons. The smallest absolute Gasteiger partial charge is 0.141 e. The lowest BCUT2D eigenvalue weighted by molar-refractivity contribution is -0.117. The molecule has 1 aliphatic heterocycles. The molecule has 0 aliphatic carbocycles. The molecular weight excluding hydrogens is 186 g/mol. The lowest BCUT2D eigenvalue weighted by Crippen LogP contribution is -2.38. The van der Waals surface area contributed by atoms with Gasteiger partial charge in [0.05, 0.1) is 6.54 Å². The quantitative estimate of drug-likeness (QED) is 0.354. The first-order valence-electron chi connectivity index (χ1n) is 4.10. The first-order valence-corrected chi connectivity index (χ1v) is 4.10. The van der Waals surface area contributed by atoms with Crippen molar-refractivity contribution in [2.24, 2.45) is 0 Å². The molecule has 1 aromatic carbocycles. The van der Waals surface area contributed by atoms with Crippen LogP contribution in [0.1, 0.15) is 5.56 Å². The zero-order chi connectivity index (χ0) is 10.3. The van der Waals surface area contributed by atoms with Crippen LogP contribution in [0, 0.1) is 0 Å². The summed E-state index contributed by atoms with van der Waals surface area (Å²) in [5.41, 5.74) is 6.85. The highest BCUT2D eigenvalue weighted by molar-refractivity contribution is 5.71. The van der Waals surface area contributed by atoms with Gasteiger partial charge in [0.15, 0.2) is 0 Å². The van der Waals surface area contributed by atoms with Gasteiger partial charge in [0.2, 0.25) is 0 Å². The Morgan fingerprint density at radius 1 is 1.29 bits per heavy atom. The number of phenolic OH excluding ortho intramolecular Hbond substituents is 1. The van der Waals surface area contributed by atoms with Crippen LogP contribution in [-0.4, -0.2) is 27.3 Å². The summed E-state index contributed by atoms with van der Waals surface area (Å²) in [7, 11) is 0. The van der Waals surface area contributed by atoms with Crippen LogP contribution in [0.2, 0.25) is 0 Å². The van der Waals surface area contributed by atoms with E-state index in [1.54, 1.807) is 0 Å². The van der Waals surface area contributed by atoms with Crippen molar-refractivity contribution in [3.63, 3.8) is 0 Å².